The third-order valence-electron chi connectivity index (χ3n) is 10.4. The van der Waals surface area contributed by atoms with E-state index in [1.165, 1.54) is 38.5 Å². The molecule has 336 valence electrons. The smallest absolute Gasteiger partial charge is 0.306 e. The number of esters is 3. The topological polar surface area (TPSA) is 78.9 Å². The van der Waals surface area contributed by atoms with Crippen molar-refractivity contribution in [3.05, 3.63) is 109 Å². The highest BCUT2D eigenvalue weighted by molar-refractivity contribution is 5.70. The molecule has 0 saturated carbocycles. The minimum atomic E-state index is -0.0306. The van der Waals surface area contributed by atoms with E-state index in [-0.39, 0.29) is 36.2 Å². The molecule has 6 nitrogen and oxygen atoms in total. The van der Waals surface area contributed by atoms with E-state index >= 15 is 0 Å². The quantitative estimate of drug-likeness (QED) is 0.208. The molecule has 3 aliphatic heterocycles. The molecule has 0 amide bonds. The number of carbonyl (C=O) groups is 3. The zero-order chi connectivity index (χ0) is 43.4. The molecule has 3 atom stereocenters. The summed E-state index contributed by atoms with van der Waals surface area (Å²) >= 11 is 0. The van der Waals surface area contributed by atoms with Gasteiger partial charge in [0.25, 0.3) is 0 Å². The van der Waals surface area contributed by atoms with Gasteiger partial charge < -0.3 is 14.2 Å². The summed E-state index contributed by atoms with van der Waals surface area (Å²) in [5, 5.41) is 0. The van der Waals surface area contributed by atoms with E-state index in [0.717, 1.165) is 116 Å². The van der Waals surface area contributed by atoms with Gasteiger partial charge in [0.15, 0.2) is 0 Å². The van der Waals surface area contributed by atoms with Crippen LogP contribution in [0.5, 0.6) is 0 Å². The molecule has 3 unspecified atom stereocenters. The van der Waals surface area contributed by atoms with Crippen LogP contribution in [-0.4, -0.2) is 36.2 Å². The van der Waals surface area contributed by atoms with Crippen molar-refractivity contribution >= 4 is 17.9 Å². The molecule has 0 saturated heterocycles. The number of ether oxygens (including phenoxy) is 3. The normalized spacial score (nSPS) is 28.1. The van der Waals surface area contributed by atoms with Crippen LogP contribution in [0.15, 0.2) is 109 Å². The van der Waals surface area contributed by atoms with Gasteiger partial charge in [0.2, 0.25) is 0 Å². The number of carbonyl (C=O) groups excluding carboxylic acids is 3. The highest BCUT2D eigenvalue weighted by Crippen LogP contribution is 2.15. The van der Waals surface area contributed by atoms with Gasteiger partial charge in [-0.2, -0.15) is 0 Å². The molecular formula is C54H84O6. The molecule has 3 rings (SSSR count). The van der Waals surface area contributed by atoms with E-state index in [1.54, 1.807) is 0 Å². The van der Waals surface area contributed by atoms with E-state index in [0.29, 0.717) is 19.3 Å². The fraction of sp³-hybridized carbons (Fsp3) is 0.611. The van der Waals surface area contributed by atoms with Gasteiger partial charge in [0.1, 0.15) is 12.2 Å². The predicted molar refractivity (Wildman–Crippen MR) is 254 cm³/mol. The first-order valence-electron chi connectivity index (χ1n) is 24.0. The molecule has 0 aliphatic carbocycles. The summed E-state index contributed by atoms with van der Waals surface area (Å²) in [6.45, 7) is 6.20. The number of hydrogen-bond donors (Lipinski definition) is 0. The molecule has 0 fully saturated rings. The second-order valence-corrected chi connectivity index (χ2v) is 16.0. The Balaban J connectivity index is 0.000000450. The molecule has 0 aromatic rings. The van der Waals surface area contributed by atoms with E-state index in [4.69, 9.17) is 14.2 Å². The average Bonchev–Trinajstić information content (AvgIpc) is 3.23. The monoisotopic (exact) mass is 829 g/mol. The SMILES string of the molecule is CC1CCC\C=C/C=C/C=C/CCCCCCC(=O)O1.CCC1CC\C=C/C=C/C=C/CCCCCCC(=O)O1.CCCC1C\C=C/C=C/C=C/CCCCCCC(=O)O1. The molecule has 0 spiro atoms. The molecule has 0 aromatic heterocycles. The Morgan fingerprint density at radius 3 is 1.25 bits per heavy atom. The van der Waals surface area contributed by atoms with E-state index in [1.807, 2.05) is 19.1 Å². The van der Waals surface area contributed by atoms with Crippen LogP contribution in [0.1, 0.15) is 194 Å². The van der Waals surface area contributed by atoms with Crippen molar-refractivity contribution in [2.75, 3.05) is 0 Å². The molecule has 0 N–H and O–H groups in total. The van der Waals surface area contributed by atoms with Crippen LogP contribution in [0, 0.1) is 0 Å². The number of rotatable bonds is 3. The molecule has 0 radical (unpaired) electrons. The Morgan fingerprint density at radius 2 is 0.800 bits per heavy atom. The molecule has 60 heavy (non-hydrogen) atoms. The standard InChI is InChI=1S/3C18H28O2/c1-17-15-13-11-9-7-5-3-2-4-6-8-10-12-14-16-18(19)20-17;1-2-17-15-13-11-9-7-5-3-4-6-8-10-12-14-16-18(19)20-17;1-2-14-17-15-12-10-8-6-4-3-5-7-9-11-13-16-18(19)20-17/h2-5,7,9,17H,6,8,10-16H2,1H3;3-5,7,9,11,17H,2,6,8,10,12-16H2,1H3;3-4,6,8,10,12,17H,2,5,7,9,11,13-16H2,1H3/b4-2+,5-3+,9-7-;4-3+,7-5+,11-9-;4-3+,8-6+,12-10-. The molecule has 0 bridgehead atoms. The second kappa shape index (κ2) is 41.8. The molecule has 3 heterocycles. The maximum Gasteiger partial charge on any atom is 0.306 e. The van der Waals surface area contributed by atoms with Gasteiger partial charge in [-0.1, -0.05) is 168 Å². The van der Waals surface area contributed by atoms with Crippen molar-refractivity contribution in [3.8, 4) is 0 Å². The minimum absolute atomic E-state index is 0.0232. The highest BCUT2D eigenvalue weighted by Gasteiger charge is 2.13. The summed E-state index contributed by atoms with van der Waals surface area (Å²) in [5.41, 5.74) is 0. The third-order valence-corrected chi connectivity index (χ3v) is 10.4. The first-order valence-corrected chi connectivity index (χ1v) is 24.0. The van der Waals surface area contributed by atoms with Crippen LogP contribution in [0.3, 0.4) is 0 Å². The summed E-state index contributed by atoms with van der Waals surface area (Å²) < 4.78 is 16.5. The fourth-order valence-corrected chi connectivity index (χ4v) is 6.75. The number of allylic oxidation sites excluding steroid dienone is 17. The second-order valence-electron chi connectivity index (χ2n) is 16.0. The molecule has 0 aromatic carbocycles. The van der Waals surface area contributed by atoms with Crippen molar-refractivity contribution in [3.63, 3.8) is 0 Å². The molecule has 6 heteroatoms. The summed E-state index contributed by atoms with van der Waals surface area (Å²) in [6.07, 6.45) is 65.2. The van der Waals surface area contributed by atoms with Crippen molar-refractivity contribution in [2.24, 2.45) is 0 Å². The zero-order valence-electron chi connectivity index (χ0n) is 38.2. The van der Waals surface area contributed by atoms with E-state index in [2.05, 4.69) is 111 Å². The number of cyclic esters (lactones) is 3. The van der Waals surface area contributed by atoms with Gasteiger partial charge in [-0.05, 0) is 110 Å². The molecular weight excluding hydrogens is 745 g/mol. The van der Waals surface area contributed by atoms with Crippen LogP contribution in [0.4, 0.5) is 0 Å². The van der Waals surface area contributed by atoms with Gasteiger partial charge in [0.05, 0.1) is 6.10 Å². The van der Waals surface area contributed by atoms with Crippen molar-refractivity contribution in [1.29, 1.82) is 0 Å². The Kier molecular flexibility index (Phi) is 37.7. The Morgan fingerprint density at radius 1 is 0.417 bits per heavy atom. The first kappa shape index (κ1) is 54.1. The minimum Gasteiger partial charge on any atom is -0.463 e. The summed E-state index contributed by atoms with van der Waals surface area (Å²) in [5.74, 6) is -0.0821. The Bertz CT molecular complexity index is 1340. The van der Waals surface area contributed by atoms with Crippen molar-refractivity contribution in [1.82, 2.24) is 0 Å². The van der Waals surface area contributed by atoms with Crippen LogP contribution < -0.4 is 0 Å². The van der Waals surface area contributed by atoms with E-state index in [9.17, 15) is 14.4 Å². The molecule has 3 aliphatic rings. The van der Waals surface area contributed by atoms with Gasteiger partial charge in [0, 0.05) is 25.7 Å². The van der Waals surface area contributed by atoms with Gasteiger partial charge in [-0.25, -0.2) is 0 Å². The Labute approximate surface area is 367 Å². The lowest BCUT2D eigenvalue weighted by molar-refractivity contribution is -0.150. The van der Waals surface area contributed by atoms with Gasteiger partial charge >= 0.3 is 17.9 Å². The van der Waals surface area contributed by atoms with Crippen LogP contribution in [0.25, 0.3) is 0 Å². The lowest BCUT2D eigenvalue weighted by Crippen LogP contribution is -2.17. The van der Waals surface area contributed by atoms with Gasteiger partial charge in [-0.3, -0.25) is 14.4 Å². The lowest BCUT2D eigenvalue weighted by atomic mass is 10.1. The maximum atomic E-state index is 11.8. The maximum absolute atomic E-state index is 11.8. The Hall–Kier alpha value is -3.93. The summed E-state index contributed by atoms with van der Waals surface area (Å²) in [6, 6.07) is 0. The zero-order valence-corrected chi connectivity index (χ0v) is 38.2. The third kappa shape index (κ3) is 37.1. The lowest BCUT2D eigenvalue weighted by Gasteiger charge is -2.15. The average molecular weight is 829 g/mol. The first-order chi connectivity index (χ1) is 29.4. The van der Waals surface area contributed by atoms with Crippen molar-refractivity contribution in [2.45, 2.75) is 212 Å². The predicted octanol–water partition coefficient (Wildman–Crippen LogP) is 15.3. The van der Waals surface area contributed by atoms with Crippen LogP contribution in [0.2, 0.25) is 0 Å². The van der Waals surface area contributed by atoms with Gasteiger partial charge in [-0.15, -0.1) is 0 Å². The van der Waals surface area contributed by atoms with Crippen LogP contribution in [-0.2, 0) is 28.6 Å². The fourth-order valence-electron chi connectivity index (χ4n) is 6.75. The van der Waals surface area contributed by atoms with Crippen molar-refractivity contribution < 1.29 is 28.6 Å². The summed E-state index contributed by atoms with van der Waals surface area (Å²) in [7, 11) is 0. The largest absolute Gasteiger partial charge is 0.463 e. The van der Waals surface area contributed by atoms with E-state index < -0.39 is 0 Å². The summed E-state index contributed by atoms with van der Waals surface area (Å²) in [4.78, 5) is 35.2. The number of hydrogen-bond acceptors (Lipinski definition) is 6. The van der Waals surface area contributed by atoms with Crippen LogP contribution >= 0.6 is 0 Å². The highest BCUT2D eigenvalue weighted by atomic mass is 16.5.